The Hall–Kier alpha value is -1.09. The largest absolute Gasteiger partial charge is 0.342 e. The Morgan fingerprint density at radius 3 is 2.47 bits per heavy atom. The standard InChI is InChI=1S/C16H20BrNO/c1-3-13-8-10-18(11-9-13)16(19)12(2)14-4-6-15(17)7-5-14/h3-7,12-13H,1,8-11H2,2H3. The van der Waals surface area contributed by atoms with Gasteiger partial charge in [-0.2, -0.15) is 0 Å². The molecule has 1 aromatic rings. The summed E-state index contributed by atoms with van der Waals surface area (Å²) < 4.78 is 1.04. The predicted molar refractivity (Wildman–Crippen MR) is 82.1 cm³/mol. The number of halogens is 1. The number of benzene rings is 1. The summed E-state index contributed by atoms with van der Waals surface area (Å²) in [5.41, 5.74) is 1.08. The fourth-order valence-corrected chi connectivity index (χ4v) is 2.79. The van der Waals surface area contributed by atoms with E-state index in [0.29, 0.717) is 5.92 Å². The molecular weight excluding hydrogens is 302 g/mol. The first-order valence-corrected chi connectivity index (χ1v) is 7.58. The number of amides is 1. The van der Waals surface area contributed by atoms with Gasteiger partial charge in [0.15, 0.2) is 0 Å². The minimum absolute atomic E-state index is 0.0617. The lowest BCUT2D eigenvalue weighted by Crippen LogP contribution is -2.40. The lowest BCUT2D eigenvalue weighted by atomic mass is 9.94. The van der Waals surface area contributed by atoms with Crippen LogP contribution in [-0.4, -0.2) is 23.9 Å². The van der Waals surface area contributed by atoms with Gasteiger partial charge in [-0.25, -0.2) is 0 Å². The number of likely N-dealkylation sites (tertiary alicyclic amines) is 1. The van der Waals surface area contributed by atoms with Crippen LogP contribution < -0.4 is 0 Å². The molecule has 0 saturated carbocycles. The van der Waals surface area contributed by atoms with E-state index in [0.717, 1.165) is 36.0 Å². The molecule has 0 bridgehead atoms. The van der Waals surface area contributed by atoms with Crippen molar-refractivity contribution in [2.75, 3.05) is 13.1 Å². The van der Waals surface area contributed by atoms with E-state index in [2.05, 4.69) is 22.5 Å². The molecule has 0 N–H and O–H groups in total. The van der Waals surface area contributed by atoms with Crippen molar-refractivity contribution in [2.24, 2.45) is 5.92 Å². The highest BCUT2D eigenvalue weighted by molar-refractivity contribution is 9.10. The van der Waals surface area contributed by atoms with E-state index in [1.54, 1.807) is 0 Å². The Bertz CT molecular complexity index is 446. The zero-order chi connectivity index (χ0) is 13.8. The fraction of sp³-hybridized carbons (Fsp3) is 0.438. The summed E-state index contributed by atoms with van der Waals surface area (Å²) in [6, 6.07) is 8.01. The number of hydrogen-bond donors (Lipinski definition) is 0. The van der Waals surface area contributed by atoms with Gasteiger partial charge in [0.1, 0.15) is 0 Å². The number of nitrogens with zero attached hydrogens (tertiary/aromatic N) is 1. The van der Waals surface area contributed by atoms with Crippen LogP contribution in [0.3, 0.4) is 0 Å². The van der Waals surface area contributed by atoms with Crippen LogP contribution >= 0.6 is 15.9 Å². The highest BCUT2D eigenvalue weighted by Gasteiger charge is 2.25. The van der Waals surface area contributed by atoms with Crippen molar-refractivity contribution >= 4 is 21.8 Å². The van der Waals surface area contributed by atoms with Crippen molar-refractivity contribution in [1.82, 2.24) is 4.90 Å². The Morgan fingerprint density at radius 2 is 1.95 bits per heavy atom. The average Bonchev–Trinajstić information content (AvgIpc) is 2.46. The molecule has 2 rings (SSSR count). The number of hydrogen-bond acceptors (Lipinski definition) is 1. The number of piperidine rings is 1. The molecule has 102 valence electrons. The van der Waals surface area contributed by atoms with Crippen molar-refractivity contribution in [3.63, 3.8) is 0 Å². The molecule has 1 aliphatic rings. The first kappa shape index (κ1) is 14.3. The maximum Gasteiger partial charge on any atom is 0.229 e. The lowest BCUT2D eigenvalue weighted by molar-refractivity contribution is -0.133. The van der Waals surface area contributed by atoms with E-state index in [9.17, 15) is 4.79 Å². The maximum atomic E-state index is 12.5. The molecular formula is C16H20BrNO. The van der Waals surface area contributed by atoms with Gasteiger partial charge in [0.25, 0.3) is 0 Å². The number of carbonyl (C=O) groups excluding carboxylic acids is 1. The molecule has 1 aromatic carbocycles. The predicted octanol–water partition coefficient (Wildman–Crippen LogP) is 3.98. The summed E-state index contributed by atoms with van der Waals surface area (Å²) in [7, 11) is 0. The van der Waals surface area contributed by atoms with E-state index in [-0.39, 0.29) is 11.8 Å². The molecule has 1 fully saturated rings. The summed E-state index contributed by atoms with van der Waals surface area (Å²) in [5.74, 6) is 0.755. The Labute approximate surface area is 123 Å². The topological polar surface area (TPSA) is 20.3 Å². The Kier molecular flexibility index (Phi) is 4.81. The average molecular weight is 322 g/mol. The first-order chi connectivity index (χ1) is 9.11. The number of carbonyl (C=O) groups is 1. The van der Waals surface area contributed by atoms with Crippen molar-refractivity contribution in [1.29, 1.82) is 0 Å². The molecule has 0 aliphatic carbocycles. The summed E-state index contributed by atoms with van der Waals surface area (Å²) >= 11 is 3.42. The Balaban J connectivity index is 1.99. The van der Waals surface area contributed by atoms with Crippen LogP contribution in [0.4, 0.5) is 0 Å². The summed E-state index contributed by atoms with van der Waals surface area (Å²) in [4.78, 5) is 14.5. The van der Waals surface area contributed by atoms with Crippen LogP contribution in [0.1, 0.15) is 31.2 Å². The molecule has 0 spiro atoms. The summed E-state index contributed by atoms with van der Waals surface area (Å²) in [6.07, 6.45) is 4.10. The molecule has 1 atom stereocenters. The zero-order valence-electron chi connectivity index (χ0n) is 11.3. The minimum Gasteiger partial charge on any atom is -0.342 e. The monoisotopic (exact) mass is 321 g/mol. The van der Waals surface area contributed by atoms with Gasteiger partial charge < -0.3 is 4.90 Å². The van der Waals surface area contributed by atoms with Gasteiger partial charge in [0.05, 0.1) is 5.92 Å². The SMILES string of the molecule is C=CC1CCN(C(=O)C(C)c2ccc(Br)cc2)CC1. The molecule has 0 radical (unpaired) electrons. The first-order valence-electron chi connectivity index (χ1n) is 6.78. The molecule has 1 heterocycles. The molecule has 3 heteroatoms. The van der Waals surface area contributed by atoms with Crippen molar-refractivity contribution in [3.05, 3.63) is 47.0 Å². The molecule has 1 saturated heterocycles. The van der Waals surface area contributed by atoms with Crippen molar-refractivity contribution < 1.29 is 4.79 Å². The van der Waals surface area contributed by atoms with E-state index in [1.165, 1.54) is 0 Å². The smallest absolute Gasteiger partial charge is 0.229 e. The van der Waals surface area contributed by atoms with Crippen LogP contribution in [0, 0.1) is 5.92 Å². The third-order valence-corrected chi connectivity index (χ3v) is 4.45. The van der Waals surface area contributed by atoms with Gasteiger partial charge in [-0.15, -0.1) is 6.58 Å². The Morgan fingerprint density at radius 1 is 1.37 bits per heavy atom. The second kappa shape index (κ2) is 6.38. The third-order valence-electron chi connectivity index (χ3n) is 3.93. The van der Waals surface area contributed by atoms with E-state index in [4.69, 9.17) is 0 Å². The van der Waals surface area contributed by atoms with Crippen LogP contribution in [0.25, 0.3) is 0 Å². The third kappa shape index (κ3) is 3.47. The van der Waals surface area contributed by atoms with Gasteiger partial charge in [0, 0.05) is 17.6 Å². The van der Waals surface area contributed by atoms with Crippen molar-refractivity contribution in [3.8, 4) is 0 Å². The second-order valence-electron chi connectivity index (χ2n) is 5.17. The normalized spacial score (nSPS) is 18.1. The van der Waals surface area contributed by atoms with Gasteiger partial charge in [0.2, 0.25) is 5.91 Å². The van der Waals surface area contributed by atoms with Crippen LogP contribution in [0.5, 0.6) is 0 Å². The van der Waals surface area contributed by atoms with Crippen LogP contribution in [0.15, 0.2) is 41.4 Å². The number of rotatable bonds is 3. The van der Waals surface area contributed by atoms with Crippen LogP contribution in [-0.2, 0) is 4.79 Å². The van der Waals surface area contributed by atoms with Gasteiger partial charge in [-0.3, -0.25) is 4.79 Å². The lowest BCUT2D eigenvalue weighted by Gasteiger charge is -2.32. The van der Waals surface area contributed by atoms with Gasteiger partial charge in [-0.1, -0.05) is 34.1 Å². The van der Waals surface area contributed by atoms with Gasteiger partial charge in [-0.05, 0) is 43.4 Å². The molecule has 1 aliphatic heterocycles. The van der Waals surface area contributed by atoms with Crippen LogP contribution in [0.2, 0.25) is 0 Å². The highest BCUT2D eigenvalue weighted by Crippen LogP contribution is 2.24. The molecule has 1 unspecified atom stereocenters. The molecule has 19 heavy (non-hydrogen) atoms. The van der Waals surface area contributed by atoms with E-state index >= 15 is 0 Å². The second-order valence-corrected chi connectivity index (χ2v) is 6.09. The zero-order valence-corrected chi connectivity index (χ0v) is 12.9. The minimum atomic E-state index is -0.0617. The summed E-state index contributed by atoms with van der Waals surface area (Å²) in [5, 5.41) is 0. The fourth-order valence-electron chi connectivity index (χ4n) is 2.52. The quantitative estimate of drug-likeness (QED) is 0.771. The number of allylic oxidation sites excluding steroid dienone is 1. The highest BCUT2D eigenvalue weighted by atomic mass is 79.9. The molecule has 1 amide bonds. The molecule has 0 aromatic heterocycles. The summed E-state index contributed by atoms with van der Waals surface area (Å²) in [6.45, 7) is 7.54. The van der Waals surface area contributed by atoms with E-state index < -0.39 is 0 Å². The molecule has 2 nitrogen and oxygen atoms in total. The van der Waals surface area contributed by atoms with Gasteiger partial charge >= 0.3 is 0 Å². The maximum absolute atomic E-state index is 12.5. The van der Waals surface area contributed by atoms with Crippen molar-refractivity contribution in [2.45, 2.75) is 25.7 Å². The van der Waals surface area contributed by atoms with E-state index in [1.807, 2.05) is 42.2 Å².